The Kier molecular flexibility index (Phi) is 3.93. The van der Waals surface area contributed by atoms with Crippen molar-refractivity contribution < 1.29 is 27.9 Å². The van der Waals surface area contributed by atoms with Gasteiger partial charge >= 0.3 is 5.97 Å². The second-order valence-electron chi connectivity index (χ2n) is 4.08. The molecule has 0 bridgehead atoms. The normalized spacial score (nSPS) is 10.2. The minimum Gasteiger partial charge on any atom is -0.478 e. The SMILES string of the molecule is O=C(O)c1ccc(F)c(NC(=O)c2ccc(F)c(F)c2)c1. The first kappa shape index (κ1) is 14.6. The Labute approximate surface area is 116 Å². The molecule has 0 radical (unpaired) electrons. The fourth-order valence-corrected chi connectivity index (χ4v) is 1.59. The van der Waals surface area contributed by atoms with Crippen LogP contribution in [0.15, 0.2) is 36.4 Å². The Balaban J connectivity index is 2.28. The molecule has 0 saturated carbocycles. The highest BCUT2D eigenvalue weighted by Crippen LogP contribution is 2.18. The third-order valence-corrected chi connectivity index (χ3v) is 2.64. The van der Waals surface area contributed by atoms with Crippen LogP contribution < -0.4 is 5.32 Å². The highest BCUT2D eigenvalue weighted by Gasteiger charge is 2.14. The number of benzene rings is 2. The third-order valence-electron chi connectivity index (χ3n) is 2.64. The van der Waals surface area contributed by atoms with E-state index in [1.54, 1.807) is 0 Å². The summed E-state index contributed by atoms with van der Waals surface area (Å²) in [7, 11) is 0. The molecule has 7 heteroatoms. The Hall–Kier alpha value is -2.83. The molecule has 2 rings (SSSR count). The summed E-state index contributed by atoms with van der Waals surface area (Å²) in [6, 6.07) is 5.27. The van der Waals surface area contributed by atoms with Gasteiger partial charge < -0.3 is 10.4 Å². The van der Waals surface area contributed by atoms with Crippen molar-refractivity contribution in [3.63, 3.8) is 0 Å². The summed E-state index contributed by atoms with van der Waals surface area (Å²) in [4.78, 5) is 22.6. The van der Waals surface area contributed by atoms with Gasteiger partial charge in [0, 0.05) is 5.56 Å². The largest absolute Gasteiger partial charge is 0.478 e. The van der Waals surface area contributed by atoms with Gasteiger partial charge in [-0.3, -0.25) is 4.79 Å². The van der Waals surface area contributed by atoms with Crippen LogP contribution in [0.2, 0.25) is 0 Å². The Morgan fingerprint density at radius 1 is 0.857 bits per heavy atom. The highest BCUT2D eigenvalue weighted by atomic mass is 19.2. The van der Waals surface area contributed by atoms with E-state index in [-0.39, 0.29) is 16.8 Å². The van der Waals surface area contributed by atoms with Crippen molar-refractivity contribution in [2.45, 2.75) is 0 Å². The van der Waals surface area contributed by atoms with Gasteiger partial charge in [-0.05, 0) is 36.4 Å². The molecule has 0 heterocycles. The number of amides is 1. The summed E-state index contributed by atoms with van der Waals surface area (Å²) in [5, 5.41) is 10.9. The fraction of sp³-hybridized carbons (Fsp3) is 0. The van der Waals surface area contributed by atoms with Gasteiger partial charge in [-0.25, -0.2) is 18.0 Å². The van der Waals surface area contributed by atoms with Crippen molar-refractivity contribution in [3.8, 4) is 0 Å². The molecule has 108 valence electrons. The lowest BCUT2D eigenvalue weighted by Crippen LogP contribution is -2.14. The van der Waals surface area contributed by atoms with Gasteiger partial charge in [-0.15, -0.1) is 0 Å². The summed E-state index contributed by atoms with van der Waals surface area (Å²) < 4.78 is 39.3. The molecule has 2 aromatic rings. The molecule has 2 aromatic carbocycles. The topological polar surface area (TPSA) is 66.4 Å². The van der Waals surface area contributed by atoms with Crippen LogP contribution in [-0.2, 0) is 0 Å². The number of carbonyl (C=O) groups is 2. The highest BCUT2D eigenvalue weighted by molar-refractivity contribution is 6.04. The van der Waals surface area contributed by atoms with Crippen LogP contribution in [0.1, 0.15) is 20.7 Å². The van der Waals surface area contributed by atoms with E-state index in [2.05, 4.69) is 5.32 Å². The minimum atomic E-state index is -1.29. The number of carbonyl (C=O) groups excluding carboxylic acids is 1. The number of anilines is 1. The van der Waals surface area contributed by atoms with Crippen molar-refractivity contribution in [3.05, 3.63) is 65.0 Å². The lowest BCUT2D eigenvalue weighted by molar-refractivity contribution is 0.0696. The summed E-state index contributed by atoms with van der Waals surface area (Å²) >= 11 is 0. The average molecular weight is 295 g/mol. The molecule has 21 heavy (non-hydrogen) atoms. The van der Waals surface area contributed by atoms with Gasteiger partial charge in [0.05, 0.1) is 11.3 Å². The maximum atomic E-state index is 13.5. The first-order valence-corrected chi connectivity index (χ1v) is 5.67. The van der Waals surface area contributed by atoms with Crippen molar-refractivity contribution in [1.29, 1.82) is 0 Å². The summed E-state index contributed by atoms with van der Waals surface area (Å²) in [6.45, 7) is 0. The summed E-state index contributed by atoms with van der Waals surface area (Å²) in [5.41, 5.74) is -0.823. The zero-order valence-electron chi connectivity index (χ0n) is 10.4. The van der Waals surface area contributed by atoms with Gasteiger partial charge in [-0.2, -0.15) is 0 Å². The van der Waals surface area contributed by atoms with Gasteiger partial charge in [0.15, 0.2) is 11.6 Å². The van der Waals surface area contributed by atoms with Crippen LogP contribution in [0.25, 0.3) is 0 Å². The molecule has 0 unspecified atom stereocenters. The average Bonchev–Trinajstić information content (AvgIpc) is 2.43. The first-order valence-electron chi connectivity index (χ1n) is 5.67. The second-order valence-corrected chi connectivity index (χ2v) is 4.08. The number of nitrogens with one attached hydrogen (secondary N) is 1. The van der Waals surface area contributed by atoms with Crippen LogP contribution in [0.3, 0.4) is 0 Å². The van der Waals surface area contributed by atoms with Crippen molar-refractivity contribution in [2.24, 2.45) is 0 Å². The molecular weight excluding hydrogens is 287 g/mol. The molecule has 4 nitrogen and oxygen atoms in total. The van der Waals surface area contributed by atoms with Crippen molar-refractivity contribution in [2.75, 3.05) is 5.32 Å². The number of halogens is 3. The van der Waals surface area contributed by atoms with Gasteiger partial charge in [0.25, 0.3) is 5.91 Å². The molecule has 0 aliphatic carbocycles. The molecule has 0 aromatic heterocycles. The molecular formula is C14H8F3NO3. The maximum Gasteiger partial charge on any atom is 0.335 e. The van der Waals surface area contributed by atoms with E-state index in [1.807, 2.05) is 0 Å². The minimum absolute atomic E-state index is 0.225. The lowest BCUT2D eigenvalue weighted by Gasteiger charge is -2.07. The number of carboxylic acids is 1. The third kappa shape index (κ3) is 3.19. The molecule has 0 aliphatic heterocycles. The number of aromatic carboxylic acids is 1. The number of hydrogen-bond acceptors (Lipinski definition) is 2. The second kappa shape index (κ2) is 5.66. The number of rotatable bonds is 3. The predicted octanol–water partition coefficient (Wildman–Crippen LogP) is 3.05. The van der Waals surface area contributed by atoms with Crippen molar-refractivity contribution >= 4 is 17.6 Å². The molecule has 0 aliphatic rings. The van der Waals surface area contributed by atoms with E-state index >= 15 is 0 Å². The Bertz CT molecular complexity index is 731. The molecule has 0 spiro atoms. The van der Waals surface area contributed by atoms with E-state index in [0.29, 0.717) is 6.07 Å². The number of carboxylic acid groups (broad SMARTS) is 1. The predicted molar refractivity (Wildman–Crippen MR) is 67.7 cm³/mol. The van der Waals surface area contributed by atoms with Crippen LogP contribution in [0, 0.1) is 17.5 Å². The summed E-state index contributed by atoms with van der Waals surface area (Å²) in [5.74, 6) is -5.38. The smallest absolute Gasteiger partial charge is 0.335 e. The quantitative estimate of drug-likeness (QED) is 0.914. The van der Waals surface area contributed by atoms with Gasteiger partial charge in [0.1, 0.15) is 5.82 Å². The first-order chi connectivity index (χ1) is 9.88. The van der Waals surface area contributed by atoms with Crippen LogP contribution >= 0.6 is 0 Å². The van der Waals surface area contributed by atoms with Gasteiger partial charge in [0.2, 0.25) is 0 Å². The van der Waals surface area contributed by atoms with Crippen LogP contribution in [0.5, 0.6) is 0 Å². The van der Waals surface area contributed by atoms with E-state index in [0.717, 1.165) is 30.3 Å². The Morgan fingerprint density at radius 3 is 2.10 bits per heavy atom. The molecule has 2 N–H and O–H groups in total. The zero-order valence-corrected chi connectivity index (χ0v) is 10.4. The van der Waals surface area contributed by atoms with Crippen molar-refractivity contribution in [1.82, 2.24) is 0 Å². The Morgan fingerprint density at radius 2 is 1.48 bits per heavy atom. The number of hydrogen-bond donors (Lipinski definition) is 2. The van der Waals surface area contributed by atoms with Crippen LogP contribution in [-0.4, -0.2) is 17.0 Å². The standard InChI is InChI=1S/C14H8F3NO3/c15-9-3-1-7(5-11(9)17)13(19)18-12-6-8(14(20)21)2-4-10(12)16/h1-6H,(H,18,19)(H,20,21). The van der Waals surface area contributed by atoms with Crippen LogP contribution in [0.4, 0.5) is 18.9 Å². The van der Waals surface area contributed by atoms with E-state index in [9.17, 15) is 22.8 Å². The molecule has 0 fully saturated rings. The van der Waals surface area contributed by atoms with E-state index < -0.39 is 29.3 Å². The van der Waals surface area contributed by atoms with E-state index in [1.165, 1.54) is 0 Å². The fourth-order valence-electron chi connectivity index (χ4n) is 1.59. The van der Waals surface area contributed by atoms with Gasteiger partial charge in [-0.1, -0.05) is 0 Å². The zero-order chi connectivity index (χ0) is 15.6. The monoisotopic (exact) mass is 295 g/mol. The van der Waals surface area contributed by atoms with E-state index in [4.69, 9.17) is 5.11 Å². The summed E-state index contributed by atoms with van der Waals surface area (Å²) in [6.07, 6.45) is 0. The molecule has 1 amide bonds. The maximum absolute atomic E-state index is 13.5. The molecule has 0 saturated heterocycles. The lowest BCUT2D eigenvalue weighted by atomic mass is 10.1. The molecule has 0 atom stereocenters.